The molecule has 0 saturated heterocycles. The van der Waals surface area contributed by atoms with Gasteiger partial charge in [-0.15, -0.1) is 0 Å². The highest BCUT2D eigenvalue weighted by molar-refractivity contribution is 5.92. The van der Waals surface area contributed by atoms with Crippen LogP contribution >= 0.6 is 0 Å². The number of carboxylic acid groups (broad SMARTS) is 1. The lowest BCUT2D eigenvalue weighted by atomic mass is 10.0. The van der Waals surface area contributed by atoms with E-state index in [0.717, 1.165) is 12.8 Å². The number of carbonyl (C=O) groups excluding carboxylic acids is 1. The Morgan fingerprint density at radius 2 is 2.18 bits per heavy atom. The van der Waals surface area contributed by atoms with Gasteiger partial charge in [-0.05, 0) is 25.0 Å². The van der Waals surface area contributed by atoms with Crippen LogP contribution in [0.4, 0.5) is 0 Å². The van der Waals surface area contributed by atoms with Gasteiger partial charge >= 0.3 is 5.97 Å². The standard InChI is InChI=1S/C12H14N2O3/c15-11(10-5-1-2-7-13-10)14-9-6-3-4-8(9)12(16)17/h1-2,5,7-9H,3-4,6H2,(H,14,15)(H,16,17). The van der Waals surface area contributed by atoms with Crippen molar-refractivity contribution in [1.82, 2.24) is 10.3 Å². The molecule has 2 atom stereocenters. The average molecular weight is 234 g/mol. The van der Waals surface area contributed by atoms with E-state index in [1.54, 1.807) is 18.2 Å². The smallest absolute Gasteiger partial charge is 0.308 e. The summed E-state index contributed by atoms with van der Waals surface area (Å²) in [5.74, 6) is -1.61. The van der Waals surface area contributed by atoms with E-state index < -0.39 is 11.9 Å². The van der Waals surface area contributed by atoms with Crippen molar-refractivity contribution >= 4 is 11.9 Å². The second-order valence-electron chi connectivity index (χ2n) is 4.17. The number of hydrogen-bond donors (Lipinski definition) is 2. The molecule has 5 nitrogen and oxygen atoms in total. The number of aromatic nitrogens is 1. The highest BCUT2D eigenvalue weighted by Crippen LogP contribution is 2.25. The zero-order valence-corrected chi connectivity index (χ0v) is 9.30. The van der Waals surface area contributed by atoms with Gasteiger partial charge in [0.2, 0.25) is 0 Å². The van der Waals surface area contributed by atoms with E-state index in [4.69, 9.17) is 5.11 Å². The third-order valence-corrected chi connectivity index (χ3v) is 3.05. The average Bonchev–Trinajstić information content (AvgIpc) is 2.78. The minimum absolute atomic E-state index is 0.276. The molecule has 90 valence electrons. The topological polar surface area (TPSA) is 79.3 Å². The number of pyridine rings is 1. The maximum absolute atomic E-state index is 11.8. The molecular formula is C12H14N2O3. The van der Waals surface area contributed by atoms with E-state index in [1.165, 1.54) is 6.20 Å². The number of nitrogens with one attached hydrogen (secondary N) is 1. The Labute approximate surface area is 98.9 Å². The zero-order chi connectivity index (χ0) is 12.3. The summed E-state index contributed by atoms with van der Waals surface area (Å²) >= 11 is 0. The largest absolute Gasteiger partial charge is 0.481 e. The van der Waals surface area contributed by atoms with E-state index >= 15 is 0 Å². The van der Waals surface area contributed by atoms with Gasteiger partial charge in [0, 0.05) is 12.2 Å². The molecule has 1 aromatic heterocycles. The molecule has 1 aliphatic carbocycles. The Morgan fingerprint density at radius 1 is 1.35 bits per heavy atom. The number of hydrogen-bond acceptors (Lipinski definition) is 3. The first-order chi connectivity index (χ1) is 8.18. The van der Waals surface area contributed by atoms with Crippen LogP contribution in [0.15, 0.2) is 24.4 Å². The SMILES string of the molecule is O=C(NC1CCCC1C(=O)O)c1ccccn1. The summed E-state index contributed by atoms with van der Waals surface area (Å²) in [4.78, 5) is 26.7. The first-order valence-corrected chi connectivity index (χ1v) is 5.63. The molecule has 1 heterocycles. The lowest BCUT2D eigenvalue weighted by Crippen LogP contribution is -2.40. The summed E-state index contributed by atoms with van der Waals surface area (Å²) in [7, 11) is 0. The van der Waals surface area contributed by atoms with E-state index in [-0.39, 0.29) is 11.9 Å². The molecule has 0 radical (unpaired) electrons. The maximum Gasteiger partial charge on any atom is 0.308 e. The Balaban J connectivity index is 2.02. The third kappa shape index (κ3) is 2.61. The number of carbonyl (C=O) groups is 2. The highest BCUT2D eigenvalue weighted by Gasteiger charge is 2.34. The van der Waals surface area contributed by atoms with Gasteiger partial charge in [0.25, 0.3) is 5.91 Å². The third-order valence-electron chi connectivity index (χ3n) is 3.05. The Hall–Kier alpha value is -1.91. The molecule has 5 heteroatoms. The van der Waals surface area contributed by atoms with Gasteiger partial charge in [-0.1, -0.05) is 12.5 Å². The fourth-order valence-corrected chi connectivity index (χ4v) is 2.17. The molecule has 0 bridgehead atoms. The molecule has 2 unspecified atom stereocenters. The fraction of sp³-hybridized carbons (Fsp3) is 0.417. The molecule has 1 aromatic rings. The van der Waals surface area contributed by atoms with Crippen LogP contribution in [0.5, 0.6) is 0 Å². The maximum atomic E-state index is 11.8. The molecule has 1 amide bonds. The van der Waals surface area contributed by atoms with Gasteiger partial charge in [0.1, 0.15) is 5.69 Å². The van der Waals surface area contributed by atoms with Crippen LogP contribution in [-0.4, -0.2) is 28.0 Å². The zero-order valence-electron chi connectivity index (χ0n) is 9.30. The number of aliphatic carboxylic acids is 1. The molecule has 0 aliphatic heterocycles. The molecule has 1 fully saturated rings. The van der Waals surface area contributed by atoms with Crippen LogP contribution in [-0.2, 0) is 4.79 Å². The van der Waals surface area contributed by atoms with Gasteiger partial charge in [-0.3, -0.25) is 14.6 Å². The van der Waals surface area contributed by atoms with Crippen molar-refractivity contribution in [3.8, 4) is 0 Å². The predicted molar refractivity (Wildman–Crippen MR) is 60.5 cm³/mol. The summed E-state index contributed by atoms with van der Waals surface area (Å²) in [6.07, 6.45) is 3.72. The van der Waals surface area contributed by atoms with Crippen molar-refractivity contribution in [3.05, 3.63) is 30.1 Å². The summed E-state index contributed by atoms with van der Waals surface area (Å²) in [6.45, 7) is 0. The van der Waals surface area contributed by atoms with E-state index in [0.29, 0.717) is 12.1 Å². The number of nitrogens with zero attached hydrogens (tertiary/aromatic N) is 1. The molecule has 0 spiro atoms. The number of rotatable bonds is 3. The first-order valence-electron chi connectivity index (χ1n) is 5.63. The first kappa shape index (κ1) is 11.6. The normalized spacial score (nSPS) is 23.3. The van der Waals surface area contributed by atoms with Crippen molar-refractivity contribution < 1.29 is 14.7 Å². The summed E-state index contributed by atoms with van der Waals surface area (Å²) in [5.41, 5.74) is 0.323. The highest BCUT2D eigenvalue weighted by atomic mass is 16.4. The van der Waals surface area contributed by atoms with Gasteiger partial charge in [0.05, 0.1) is 5.92 Å². The summed E-state index contributed by atoms with van der Waals surface area (Å²) in [5, 5.41) is 11.7. The van der Waals surface area contributed by atoms with Gasteiger partial charge < -0.3 is 10.4 Å². The Kier molecular flexibility index (Phi) is 3.37. The van der Waals surface area contributed by atoms with E-state index in [1.807, 2.05) is 0 Å². The molecular weight excluding hydrogens is 220 g/mol. The lowest BCUT2D eigenvalue weighted by molar-refractivity contribution is -0.142. The second-order valence-corrected chi connectivity index (χ2v) is 4.17. The van der Waals surface area contributed by atoms with Crippen LogP contribution in [0.2, 0.25) is 0 Å². The van der Waals surface area contributed by atoms with Crippen molar-refractivity contribution in [3.63, 3.8) is 0 Å². The summed E-state index contributed by atoms with van der Waals surface area (Å²) in [6, 6.07) is 4.79. The minimum Gasteiger partial charge on any atom is -0.481 e. The predicted octanol–water partition coefficient (Wildman–Crippen LogP) is 1.06. The van der Waals surface area contributed by atoms with Gasteiger partial charge in [0.15, 0.2) is 0 Å². The second kappa shape index (κ2) is 4.95. The van der Waals surface area contributed by atoms with Crippen molar-refractivity contribution in [2.45, 2.75) is 25.3 Å². The molecule has 2 rings (SSSR count). The minimum atomic E-state index is -0.839. The van der Waals surface area contributed by atoms with Gasteiger partial charge in [-0.2, -0.15) is 0 Å². The Morgan fingerprint density at radius 3 is 2.82 bits per heavy atom. The van der Waals surface area contributed by atoms with Crippen LogP contribution in [0.3, 0.4) is 0 Å². The van der Waals surface area contributed by atoms with Gasteiger partial charge in [-0.25, -0.2) is 0 Å². The Bertz CT molecular complexity index is 419. The molecule has 1 aliphatic rings. The molecule has 0 aromatic carbocycles. The monoisotopic (exact) mass is 234 g/mol. The molecule has 1 saturated carbocycles. The number of amides is 1. The van der Waals surface area contributed by atoms with Crippen molar-refractivity contribution in [2.24, 2.45) is 5.92 Å². The van der Waals surface area contributed by atoms with E-state index in [2.05, 4.69) is 10.3 Å². The van der Waals surface area contributed by atoms with Crippen molar-refractivity contribution in [2.75, 3.05) is 0 Å². The molecule has 17 heavy (non-hydrogen) atoms. The lowest BCUT2D eigenvalue weighted by Gasteiger charge is -2.17. The molecule has 2 N–H and O–H groups in total. The fourth-order valence-electron chi connectivity index (χ4n) is 2.17. The van der Waals surface area contributed by atoms with Crippen LogP contribution < -0.4 is 5.32 Å². The van der Waals surface area contributed by atoms with Crippen LogP contribution in [0.1, 0.15) is 29.8 Å². The van der Waals surface area contributed by atoms with E-state index in [9.17, 15) is 9.59 Å². The number of carboxylic acids is 1. The van der Waals surface area contributed by atoms with Crippen LogP contribution in [0.25, 0.3) is 0 Å². The van der Waals surface area contributed by atoms with Crippen molar-refractivity contribution in [1.29, 1.82) is 0 Å². The van der Waals surface area contributed by atoms with Crippen LogP contribution in [0, 0.1) is 5.92 Å². The quantitative estimate of drug-likeness (QED) is 0.819. The summed E-state index contributed by atoms with van der Waals surface area (Å²) < 4.78 is 0.